The van der Waals surface area contributed by atoms with Crippen molar-refractivity contribution in [2.24, 2.45) is 5.50 Å². The Kier molecular flexibility index (Phi) is 4.62. The minimum atomic E-state index is -4.14. The number of hydrogen-bond acceptors (Lipinski definition) is 1. The molecule has 0 amide bonds. The fourth-order valence-electron chi connectivity index (χ4n) is 0. The number of nitrogens with two attached hydrogens (primary N) is 1. The Bertz CT molecular complexity index is 61.1. The van der Waals surface area contributed by atoms with Gasteiger partial charge >= 0.3 is 26.6 Å². The largest absolute Gasteiger partial charge is 1.00 e. The van der Waals surface area contributed by atoms with Crippen molar-refractivity contribution < 1.29 is 34.6 Å². The minimum absolute atomic E-state index is 0. The average Bonchev–Trinajstić information content (AvgIpc) is 0.722. The fraction of sp³-hybridized carbons (Fsp3) is 0. The van der Waals surface area contributed by atoms with Crippen molar-refractivity contribution in [3.05, 3.63) is 0 Å². The Morgan fingerprint density at radius 2 is 1.67 bits per heavy atom. The van der Waals surface area contributed by atoms with E-state index in [-0.39, 0.29) is 20.3 Å². The molecule has 0 spiro atoms. The van der Waals surface area contributed by atoms with Crippen molar-refractivity contribution in [3.63, 3.8) is 0 Å². The standard InChI is InChI=1S/Li.H4NO3P.H/c;1-5(2,3)4;/h;(H4,1,2,3,4);/q+1;;-1. The van der Waals surface area contributed by atoms with E-state index in [1.165, 1.54) is 0 Å². The van der Waals surface area contributed by atoms with Gasteiger partial charge in [0.1, 0.15) is 0 Å². The molecular formula is H5LiNO3P. The van der Waals surface area contributed by atoms with Crippen LogP contribution in [0.1, 0.15) is 1.43 Å². The monoisotopic (exact) mass is 105 g/mol. The van der Waals surface area contributed by atoms with Gasteiger partial charge in [-0.2, -0.15) is 0 Å². The van der Waals surface area contributed by atoms with Crippen molar-refractivity contribution in [1.82, 2.24) is 0 Å². The number of hydrogen-bond donors (Lipinski definition) is 3. The van der Waals surface area contributed by atoms with Gasteiger partial charge in [-0.15, -0.1) is 0 Å². The average molecular weight is 105 g/mol. The first-order chi connectivity index (χ1) is 2.00. The Morgan fingerprint density at radius 3 is 1.67 bits per heavy atom. The van der Waals surface area contributed by atoms with Gasteiger partial charge in [0.15, 0.2) is 0 Å². The summed E-state index contributed by atoms with van der Waals surface area (Å²) in [7, 11) is -4.14. The Hall–Kier alpha value is 0.707. The maximum atomic E-state index is 9.10. The molecule has 0 bridgehead atoms. The first-order valence-electron chi connectivity index (χ1n) is 0.841. The molecule has 0 fully saturated rings. The van der Waals surface area contributed by atoms with Crippen LogP contribution in [0.2, 0.25) is 0 Å². The molecule has 0 unspecified atom stereocenters. The van der Waals surface area contributed by atoms with E-state index in [2.05, 4.69) is 5.50 Å². The summed E-state index contributed by atoms with van der Waals surface area (Å²) in [6.45, 7) is 0. The predicted octanol–water partition coefficient (Wildman–Crippen LogP) is -3.85. The summed E-state index contributed by atoms with van der Waals surface area (Å²) < 4.78 is 9.10. The third-order valence-electron chi connectivity index (χ3n) is 0. The van der Waals surface area contributed by atoms with Crippen molar-refractivity contribution >= 4 is 7.75 Å². The topological polar surface area (TPSA) is 83.6 Å². The van der Waals surface area contributed by atoms with Crippen LogP contribution in [0.5, 0.6) is 0 Å². The molecule has 0 radical (unpaired) electrons. The molecule has 0 saturated carbocycles. The van der Waals surface area contributed by atoms with Crippen LogP contribution in [0.25, 0.3) is 0 Å². The van der Waals surface area contributed by atoms with Crippen molar-refractivity contribution in [1.29, 1.82) is 0 Å². The summed E-state index contributed by atoms with van der Waals surface area (Å²) in [5, 5.41) is 0. The fourth-order valence-corrected chi connectivity index (χ4v) is 0. The van der Waals surface area contributed by atoms with E-state index in [1.54, 1.807) is 0 Å². The van der Waals surface area contributed by atoms with E-state index >= 15 is 0 Å². The maximum absolute atomic E-state index is 9.10. The quantitative estimate of drug-likeness (QED) is 0.217. The van der Waals surface area contributed by atoms with E-state index in [0.29, 0.717) is 0 Å². The van der Waals surface area contributed by atoms with Gasteiger partial charge in [-0.1, -0.05) is 0 Å². The summed E-state index contributed by atoms with van der Waals surface area (Å²) in [5.41, 5.74) is 4.02. The van der Waals surface area contributed by atoms with Crippen LogP contribution in [-0.2, 0) is 4.57 Å². The van der Waals surface area contributed by atoms with Crippen LogP contribution < -0.4 is 24.4 Å². The molecule has 0 atom stereocenters. The smallest absolute Gasteiger partial charge is 1.00 e. The summed E-state index contributed by atoms with van der Waals surface area (Å²) in [6.07, 6.45) is 0. The normalized spacial score (nSPS) is 9.83. The molecule has 4 nitrogen and oxygen atoms in total. The first-order valence-corrected chi connectivity index (χ1v) is 2.52. The molecule has 0 aliphatic carbocycles. The molecule has 6 heteroatoms. The van der Waals surface area contributed by atoms with Crippen molar-refractivity contribution in [2.75, 3.05) is 0 Å². The van der Waals surface area contributed by atoms with Crippen LogP contribution in [0.4, 0.5) is 0 Å². The molecule has 0 aromatic rings. The summed E-state index contributed by atoms with van der Waals surface area (Å²) >= 11 is 0. The van der Waals surface area contributed by atoms with Crippen LogP contribution in [0.3, 0.4) is 0 Å². The molecule has 6 heavy (non-hydrogen) atoms. The third-order valence-corrected chi connectivity index (χ3v) is 0. The van der Waals surface area contributed by atoms with E-state index < -0.39 is 7.75 Å². The van der Waals surface area contributed by atoms with Gasteiger partial charge in [0.2, 0.25) is 0 Å². The van der Waals surface area contributed by atoms with Gasteiger partial charge in [-0.3, -0.25) is 0 Å². The van der Waals surface area contributed by atoms with Crippen LogP contribution in [0, 0.1) is 0 Å². The third kappa shape index (κ3) is 129. The van der Waals surface area contributed by atoms with Crippen molar-refractivity contribution in [2.45, 2.75) is 0 Å². The van der Waals surface area contributed by atoms with E-state index in [4.69, 9.17) is 14.4 Å². The van der Waals surface area contributed by atoms with E-state index in [1.807, 2.05) is 0 Å². The van der Waals surface area contributed by atoms with Gasteiger partial charge < -0.3 is 11.2 Å². The Labute approximate surface area is 48.6 Å². The maximum Gasteiger partial charge on any atom is 1.00 e. The zero-order chi connectivity index (χ0) is 4.50. The molecular weight excluding hydrogens is 99.9 g/mol. The zero-order valence-corrected chi connectivity index (χ0v) is 4.22. The Balaban J connectivity index is -0.0000000800. The molecule has 0 aromatic carbocycles. The minimum Gasteiger partial charge on any atom is -1.00 e. The van der Waals surface area contributed by atoms with Crippen LogP contribution in [-0.4, -0.2) is 9.79 Å². The summed E-state index contributed by atoms with van der Waals surface area (Å²) in [6, 6.07) is 0. The van der Waals surface area contributed by atoms with Crippen molar-refractivity contribution in [3.8, 4) is 0 Å². The number of rotatable bonds is 0. The summed E-state index contributed by atoms with van der Waals surface area (Å²) in [4.78, 5) is 14.8. The van der Waals surface area contributed by atoms with Crippen LogP contribution >= 0.6 is 7.75 Å². The molecule has 0 aliphatic heterocycles. The molecule has 0 rings (SSSR count). The van der Waals surface area contributed by atoms with Crippen LogP contribution in [0.15, 0.2) is 0 Å². The van der Waals surface area contributed by atoms with Gasteiger partial charge in [0.25, 0.3) is 0 Å². The predicted molar refractivity (Wildman–Crippen MR) is 17.3 cm³/mol. The molecule has 0 aliphatic rings. The molecule has 34 valence electrons. The molecule has 0 aromatic heterocycles. The second-order valence-corrected chi connectivity index (χ2v) is 1.77. The molecule has 0 saturated heterocycles. The second-order valence-electron chi connectivity index (χ2n) is 0.589. The van der Waals surface area contributed by atoms with Gasteiger partial charge in [0, 0.05) is 0 Å². The zero-order valence-electron chi connectivity index (χ0n) is 4.33. The SMILES string of the molecule is NP(=O)(O)O.[H-].[Li+]. The molecule has 0 heterocycles. The van der Waals surface area contributed by atoms with E-state index in [0.717, 1.165) is 0 Å². The first kappa shape index (κ1) is 9.86. The Morgan fingerprint density at radius 1 is 1.67 bits per heavy atom. The van der Waals surface area contributed by atoms with Gasteiger partial charge in [-0.25, -0.2) is 10.1 Å². The molecule has 4 N–H and O–H groups in total. The summed E-state index contributed by atoms with van der Waals surface area (Å²) in [5.74, 6) is 0. The van der Waals surface area contributed by atoms with Gasteiger partial charge in [0.05, 0.1) is 0 Å². The van der Waals surface area contributed by atoms with E-state index in [9.17, 15) is 0 Å². The van der Waals surface area contributed by atoms with Gasteiger partial charge in [-0.05, 0) is 0 Å². The second kappa shape index (κ2) is 2.81.